The van der Waals surface area contributed by atoms with Gasteiger partial charge in [-0.05, 0) is 41.8 Å². The van der Waals surface area contributed by atoms with Gasteiger partial charge in [0.25, 0.3) is 0 Å². The summed E-state index contributed by atoms with van der Waals surface area (Å²) in [5.74, 6) is 0. The summed E-state index contributed by atoms with van der Waals surface area (Å²) in [5, 5.41) is 10.3. The summed E-state index contributed by atoms with van der Waals surface area (Å²) in [6, 6.07) is 2.03. The van der Waals surface area contributed by atoms with Crippen molar-refractivity contribution in [2.45, 2.75) is 32.3 Å². The van der Waals surface area contributed by atoms with Crippen LogP contribution in [0.25, 0.3) is 0 Å². The van der Waals surface area contributed by atoms with Crippen LogP contribution in [0.15, 0.2) is 10.5 Å². The third-order valence-corrected chi connectivity index (χ3v) is 5.67. The zero-order valence-electron chi connectivity index (χ0n) is 8.79. The highest BCUT2D eigenvalue weighted by Gasteiger charge is 2.43. The largest absolute Gasteiger partial charge is 0.387 e. The van der Waals surface area contributed by atoms with Crippen molar-refractivity contribution in [2.75, 3.05) is 6.54 Å². The molecule has 2 nitrogen and oxygen atoms in total. The molecule has 0 aliphatic heterocycles. The van der Waals surface area contributed by atoms with Crippen LogP contribution < -0.4 is 5.73 Å². The van der Waals surface area contributed by atoms with Crippen molar-refractivity contribution in [2.24, 2.45) is 11.1 Å². The minimum atomic E-state index is -0.383. The van der Waals surface area contributed by atoms with Gasteiger partial charge in [0.1, 0.15) is 0 Å². The quantitative estimate of drug-likeness (QED) is 0.899. The van der Waals surface area contributed by atoms with Crippen LogP contribution in [-0.2, 0) is 0 Å². The minimum Gasteiger partial charge on any atom is -0.387 e. The zero-order valence-corrected chi connectivity index (χ0v) is 11.2. The lowest BCUT2D eigenvalue weighted by Gasteiger charge is -2.44. The molecule has 2 rings (SSSR count). The minimum absolute atomic E-state index is 0.0449. The van der Waals surface area contributed by atoms with E-state index in [9.17, 15) is 5.11 Å². The molecule has 0 aromatic carbocycles. The van der Waals surface area contributed by atoms with Crippen molar-refractivity contribution >= 4 is 27.3 Å². The highest BCUT2D eigenvalue weighted by Crippen LogP contribution is 2.51. The van der Waals surface area contributed by atoms with E-state index in [1.165, 1.54) is 11.3 Å². The molecular weight excluding hydrogens is 274 g/mol. The van der Waals surface area contributed by atoms with Crippen molar-refractivity contribution in [3.63, 3.8) is 0 Å². The second-order valence-electron chi connectivity index (χ2n) is 4.38. The second-order valence-corrected chi connectivity index (χ2v) is 6.52. The summed E-state index contributed by atoms with van der Waals surface area (Å²) in [4.78, 5) is 2.26. The molecule has 3 N–H and O–H groups in total. The van der Waals surface area contributed by atoms with E-state index in [-0.39, 0.29) is 11.5 Å². The second kappa shape index (κ2) is 4.17. The molecule has 1 fully saturated rings. The Hall–Kier alpha value is 0.100. The number of aliphatic hydroxyl groups excluding tert-OH is 1. The number of aryl methyl sites for hydroxylation is 1. The van der Waals surface area contributed by atoms with Gasteiger partial charge in [0.15, 0.2) is 0 Å². The predicted octanol–water partition coefficient (Wildman–Crippen LogP) is 2.98. The summed E-state index contributed by atoms with van der Waals surface area (Å²) >= 11 is 5.14. The van der Waals surface area contributed by atoms with Gasteiger partial charge in [-0.25, -0.2) is 0 Å². The fourth-order valence-corrected chi connectivity index (χ4v) is 3.83. The predicted molar refractivity (Wildman–Crippen MR) is 67.1 cm³/mol. The van der Waals surface area contributed by atoms with E-state index in [1.807, 2.05) is 6.07 Å². The van der Waals surface area contributed by atoms with Gasteiger partial charge in [0, 0.05) is 26.2 Å². The number of rotatable bonds is 3. The maximum atomic E-state index is 10.3. The highest BCUT2D eigenvalue weighted by molar-refractivity contribution is 9.10. The number of hydrogen-bond acceptors (Lipinski definition) is 3. The molecule has 0 spiro atoms. The molecule has 1 aromatic rings. The fourth-order valence-electron chi connectivity index (χ4n) is 2.14. The van der Waals surface area contributed by atoms with E-state index >= 15 is 0 Å². The summed E-state index contributed by atoms with van der Waals surface area (Å²) in [7, 11) is 0. The van der Waals surface area contributed by atoms with E-state index in [0.717, 1.165) is 22.2 Å². The topological polar surface area (TPSA) is 46.2 Å². The van der Waals surface area contributed by atoms with Crippen LogP contribution in [0.1, 0.15) is 35.1 Å². The van der Waals surface area contributed by atoms with Gasteiger partial charge < -0.3 is 10.8 Å². The molecule has 1 aromatic heterocycles. The van der Waals surface area contributed by atoms with Crippen molar-refractivity contribution < 1.29 is 5.11 Å². The van der Waals surface area contributed by atoms with E-state index in [0.29, 0.717) is 6.54 Å². The third-order valence-electron chi connectivity index (χ3n) is 3.48. The molecule has 1 aliphatic rings. The first kappa shape index (κ1) is 11.6. The maximum absolute atomic E-state index is 10.3. The Kier molecular flexibility index (Phi) is 3.22. The SMILES string of the molecule is Cc1sc(C(O)C2(CN)CCC2)cc1Br. The molecule has 1 saturated carbocycles. The molecule has 1 aliphatic carbocycles. The van der Waals surface area contributed by atoms with E-state index in [1.54, 1.807) is 11.3 Å². The molecule has 84 valence electrons. The molecule has 4 heteroatoms. The number of thiophene rings is 1. The molecular formula is C11H16BrNOS. The molecule has 1 atom stereocenters. The van der Waals surface area contributed by atoms with Gasteiger partial charge >= 0.3 is 0 Å². The first-order chi connectivity index (χ1) is 7.09. The highest BCUT2D eigenvalue weighted by atomic mass is 79.9. The van der Waals surface area contributed by atoms with Gasteiger partial charge in [-0.3, -0.25) is 0 Å². The summed E-state index contributed by atoms with van der Waals surface area (Å²) in [6.07, 6.45) is 2.92. The Morgan fingerprint density at radius 1 is 1.67 bits per heavy atom. The summed E-state index contributed by atoms with van der Waals surface area (Å²) in [6.45, 7) is 2.64. The van der Waals surface area contributed by atoms with Gasteiger partial charge in [0.2, 0.25) is 0 Å². The monoisotopic (exact) mass is 289 g/mol. The van der Waals surface area contributed by atoms with Gasteiger partial charge in [-0.15, -0.1) is 11.3 Å². The van der Waals surface area contributed by atoms with Crippen LogP contribution in [0.3, 0.4) is 0 Å². The normalized spacial score (nSPS) is 21.1. The van der Waals surface area contributed by atoms with Crippen LogP contribution in [0.4, 0.5) is 0 Å². The van der Waals surface area contributed by atoms with E-state index in [2.05, 4.69) is 22.9 Å². The van der Waals surface area contributed by atoms with Gasteiger partial charge in [0.05, 0.1) is 6.10 Å². The maximum Gasteiger partial charge on any atom is 0.0950 e. The molecule has 15 heavy (non-hydrogen) atoms. The van der Waals surface area contributed by atoms with Crippen molar-refractivity contribution in [3.8, 4) is 0 Å². The number of aliphatic hydroxyl groups is 1. The van der Waals surface area contributed by atoms with Gasteiger partial charge in [-0.1, -0.05) is 6.42 Å². The average Bonchev–Trinajstić information content (AvgIpc) is 2.46. The lowest BCUT2D eigenvalue weighted by Crippen LogP contribution is -2.42. The van der Waals surface area contributed by atoms with Crippen LogP contribution in [0.2, 0.25) is 0 Å². The Morgan fingerprint density at radius 2 is 2.33 bits per heavy atom. The smallest absolute Gasteiger partial charge is 0.0950 e. The molecule has 0 amide bonds. The van der Waals surface area contributed by atoms with Crippen molar-refractivity contribution in [3.05, 3.63) is 20.3 Å². The fraction of sp³-hybridized carbons (Fsp3) is 0.636. The van der Waals surface area contributed by atoms with E-state index < -0.39 is 0 Å². The lowest BCUT2D eigenvalue weighted by molar-refractivity contribution is -0.0275. The standard InChI is InChI=1S/C11H16BrNOS/c1-7-8(12)5-9(15-7)10(14)11(6-13)3-2-4-11/h5,10,14H,2-4,6,13H2,1H3. The van der Waals surface area contributed by atoms with Crippen LogP contribution in [0.5, 0.6) is 0 Å². The summed E-state index contributed by atoms with van der Waals surface area (Å²) in [5.41, 5.74) is 5.74. The number of hydrogen-bond donors (Lipinski definition) is 2. The zero-order chi connectivity index (χ0) is 11.1. The summed E-state index contributed by atoms with van der Waals surface area (Å²) < 4.78 is 1.09. The average molecular weight is 290 g/mol. The number of nitrogens with two attached hydrogens (primary N) is 1. The third kappa shape index (κ3) is 1.88. The molecule has 0 bridgehead atoms. The Balaban J connectivity index is 2.23. The van der Waals surface area contributed by atoms with Crippen LogP contribution >= 0.6 is 27.3 Å². The van der Waals surface area contributed by atoms with Crippen molar-refractivity contribution in [1.29, 1.82) is 0 Å². The molecule has 1 unspecified atom stereocenters. The molecule has 0 saturated heterocycles. The lowest BCUT2D eigenvalue weighted by atomic mass is 9.65. The number of halogens is 1. The first-order valence-electron chi connectivity index (χ1n) is 5.23. The Bertz CT molecular complexity index is 334. The Labute approximate surface area is 103 Å². The van der Waals surface area contributed by atoms with Crippen molar-refractivity contribution in [1.82, 2.24) is 0 Å². The van der Waals surface area contributed by atoms with Crippen LogP contribution in [-0.4, -0.2) is 11.7 Å². The molecule has 1 heterocycles. The van der Waals surface area contributed by atoms with Crippen LogP contribution in [0, 0.1) is 12.3 Å². The van der Waals surface area contributed by atoms with E-state index in [4.69, 9.17) is 5.73 Å². The first-order valence-corrected chi connectivity index (χ1v) is 6.84. The Morgan fingerprint density at radius 3 is 2.67 bits per heavy atom. The van der Waals surface area contributed by atoms with Gasteiger partial charge in [-0.2, -0.15) is 0 Å². The molecule has 0 radical (unpaired) electrons.